The summed E-state index contributed by atoms with van der Waals surface area (Å²) in [7, 11) is 0. The normalized spacial score (nSPS) is 14.8. The van der Waals surface area contributed by atoms with Gasteiger partial charge in [-0.05, 0) is 44.4 Å². The van der Waals surface area contributed by atoms with Crippen molar-refractivity contribution in [2.45, 2.75) is 19.8 Å². The number of aryl methyl sites for hydroxylation is 1. The van der Waals surface area contributed by atoms with E-state index >= 15 is 0 Å². The fourth-order valence-corrected chi connectivity index (χ4v) is 1.54. The Hall–Kier alpha value is -1.42. The first-order valence-corrected chi connectivity index (χ1v) is 5.67. The van der Waals surface area contributed by atoms with Gasteiger partial charge >= 0.3 is 0 Å². The van der Waals surface area contributed by atoms with E-state index in [0.717, 1.165) is 23.8 Å². The van der Waals surface area contributed by atoms with Crippen molar-refractivity contribution in [3.05, 3.63) is 24.0 Å². The highest BCUT2D eigenvalue weighted by Gasteiger charge is 2.20. The number of nitrogens with one attached hydrogen (secondary N) is 2. The highest BCUT2D eigenvalue weighted by molar-refractivity contribution is 5.92. The summed E-state index contributed by atoms with van der Waals surface area (Å²) in [6.07, 6.45) is 4.30. The van der Waals surface area contributed by atoms with Crippen LogP contribution in [0.3, 0.4) is 0 Å². The summed E-state index contributed by atoms with van der Waals surface area (Å²) in [5.74, 6) is 0.808. The lowest BCUT2D eigenvalue weighted by Gasteiger charge is -2.06. The van der Waals surface area contributed by atoms with Crippen molar-refractivity contribution in [3.8, 4) is 0 Å². The van der Waals surface area contributed by atoms with Gasteiger partial charge in [0, 0.05) is 17.6 Å². The number of carbonyl (C=O) groups is 1. The molecule has 0 aliphatic heterocycles. The summed E-state index contributed by atoms with van der Waals surface area (Å²) < 4.78 is 0. The van der Waals surface area contributed by atoms with E-state index < -0.39 is 0 Å². The van der Waals surface area contributed by atoms with Crippen LogP contribution in [0.2, 0.25) is 0 Å². The average Bonchev–Trinajstić information content (AvgIpc) is 3.01. The van der Waals surface area contributed by atoms with Crippen molar-refractivity contribution in [2.24, 2.45) is 5.92 Å². The van der Waals surface area contributed by atoms with E-state index in [1.165, 1.54) is 12.8 Å². The molecule has 16 heavy (non-hydrogen) atoms. The van der Waals surface area contributed by atoms with E-state index in [1.54, 1.807) is 12.3 Å². The standard InChI is InChI=1S/C12H17N3O/c1-9-6-11(4-5-14-9)15-12(16)8-13-7-10-2-3-10/h4-6,10,13H,2-3,7-8H2,1H3,(H,14,15,16). The number of rotatable bonds is 5. The van der Waals surface area contributed by atoms with Crippen LogP contribution in [0.5, 0.6) is 0 Å². The predicted molar refractivity (Wildman–Crippen MR) is 63.2 cm³/mol. The Balaban J connectivity index is 1.73. The number of pyridine rings is 1. The van der Waals surface area contributed by atoms with Crippen LogP contribution >= 0.6 is 0 Å². The molecule has 0 aromatic carbocycles. The van der Waals surface area contributed by atoms with Crippen LogP contribution in [0.1, 0.15) is 18.5 Å². The third kappa shape index (κ3) is 3.62. The summed E-state index contributed by atoms with van der Waals surface area (Å²) in [4.78, 5) is 15.6. The first kappa shape index (κ1) is 11.1. The van der Waals surface area contributed by atoms with Crippen LogP contribution < -0.4 is 10.6 Å². The first-order valence-electron chi connectivity index (χ1n) is 5.67. The predicted octanol–water partition coefficient (Wildman–Crippen LogP) is 1.33. The molecule has 4 nitrogen and oxygen atoms in total. The van der Waals surface area contributed by atoms with E-state index in [9.17, 15) is 4.79 Å². The van der Waals surface area contributed by atoms with Gasteiger partial charge in [0.1, 0.15) is 0 Å². The third-order valence-corrected chi connectivity index (χ3v) is 2.60. The SMILES string of the molecule is Cc1cc(NC(=O)CNCC2CC2)ccn1. The summed E-state index contributed by atoms with van der Waals surface area (Å²) in [5.41, 5.74) is 1.72. The quantitative estimate of drug-likeness (QED) is 0.785. The molecule has 2 rings (SSSR count). The van der Waals surface area contributed by atoms with E-state index in [4.69, 9.17) is 0 Å². The Kier molecular flexibility index (Phi) is 3.51. The number of carbonyl (C=O) groups excluding carboxylic acids is 1. The molecule has 0 bridgehead atoms. The number of hydrogen-bond acceptors (Lipinski definition) is 3. The number of aromatic nitrogens is 1. The molecule has 0 atom stereocenters. The number of amides is 1. The van der Waals surface area contributed by atoms with Gasteiger partial charge in [0.15, 0.2) is 0 Å². The molecule has 0 unspecified atom stereocenters. The molecule has 1 aromatic rings. The van der Waals surface area contributed by atoms with E-state index in [1.807, 2.05) is 13.0 Å². The first-order chi connectivity index (χ1) is 7.74. The highest BCUT2D eigenvalue weighted by Crippen LogP contribution is 2.27. The summed E-state index contributed by atoms with van der Waals surface area (Å²) in [6, 6.07) is 3.66. The van der Waals surface area contributed by atoms with Gasteiger partial charge in [-0.1, -0.05) is 0 Å². The van der Waals surface area contributed by atoms with Crippen LogP contribution in [0, 0.1) is 12.8 Å². The van der Waals surface area contributed by atoms with Crippen LogP contribution in [-0.2, 0) is 4.79 Å². The Labute approximate surface area is 95.5 Å². The van der Waals surface area contributed by atoms with Crippen LogP contribution in [0.25, 0.3) is 0 Å². The Bertz CT molecular complexity index is 374. The summed E-state index contributed by atoms with van der Waals surface area (Å²) >= 11 is 0. The van der Waals surface area contributed by atoms with Gasteiger partial charge in [-0.2, -0.15) is 0 Å². The monoisotopic (exact) mass is 219 g/mol. The minimum absolute atomic E-state index is 0.00579. The largest absolute Gasteiger partial charge is 0.325 e. The topological polar surface area (TPSA) is 54.0 Å². The zero-order valence-electron chi connectivity index (χ0n) is 9.49. The second-order valence-corrected chi connectivity index (χ2v) is 4.31. The van der Waals surface area contributed by atoms with Crippen molar-refractivity contribution in [1.29, 1.82) is 0 Å². The zero-order valence-corrected chi connectivity index (χ0v) is 9.49. The molecule has 1 aromatic heterocycles. The maximum atomic E-state index is 11.5. The van der Waals surface area contributed by atoms with Gasteiger partial charge in [-0.3, -0.25) is 9.78 Å². The van der Waals surface area contributed by atoms with Gasteiger partial charge in [-0.25, -0.2) is 0 Å². The summed E-state index contributed by atoms with van der Waals surface area (Å²) in [5, 5.41) is 5.99. The zero-order chi connectivity index (χ0) is 11.4. The van der Waals surface area contributed by atoms with Crippen LogP contribution in [-0.4, -0.2) is 24.0 Å². The van der Waals surface area contributed by atoms with Crippen molar-refractivity contribution in [1.82, 2.24) is 10.3 Å². The second-order valence-electron chi connectivity index (χ2n) is 4.31. The Morgan fingerprint density at radius 3 is 3.06 bits per heavy atom. The van der Waals surface area contributed by atoms with E-state index in [2.05, 4.69) is 15.6 Å². The molecule has 0 spiro atoms. The lowest BCUT2D eigenvalue weighted by atomic mass is 10.3. The molecular weight excluding hydrogens is 202 g/mol. The highest BCUT2D eigenvalue weighted by atomic mass is 16.1. The Morgan fingerprint density at radius 1 is 1.56 bits per heavy atom. The molecular formula is C12H17N3O. The van der Waals surface area contributed by atoms with Crippen molar-refractivity contribution < 1.29 is 4.79 Å². The van der Waals surface area contributed by atoms with Gasteiger partial charge in [0.2, 0.25) is 5.91 Å². The molecule has 1 fully saturated rings. The van der Waals surface area contributed by atoms with Crippen molar-refractivity contribution in [2.75, 3.05) is 18.4 Å². The number of nitrogens with zero attached hydrogens (tertiary/aromatic N) is 1. The van der Waals surface area contributed by atoms with Gasteiger partial charge < -0.3 is 10.6 Å². The average molecular weight is 219 g/mol. The van der Waals surface area contributed by atoms with Gasteiger partial charge in [0.05, 0.1) is 6.54 Å². The fourth-order valence-electron chi connectivity index (χ4n) is 1.54. The van der Waals surface area contributed by atoms with Crippen molar-refractivity contribution in [3.63, 3.8) is 0 Å². The summed E-state index contributed by atoms with van der Waals surface area (Å²) in [6.45, 7) is 3.25. The maximum absolute atomic E-state index is 11.5. The maximum Gasteiger partial charge on any atom is 0.238 e. The minimum Gasteiger partial charge on any atom is -0.325 e. The van der Waals surface area contributed by atoms with Gasteiger partial charge in [0.25, 0.3) is 0 Å². The lowest BCUT2D eigenvalue weighted by molar-refractivity contribution is -0.115. The van der Waals surface area contributed by atoms with E-state index in [0.29, 0.717) is 6.54 Å². The van der Waals surface area contributed by atoms with E-state index in [-0.39, 0.29) is 5.91 Å². The molecule has 4 heteroatoms. The minimum atomic E-state index is 0.00579. The van der Waals surface area contributed by atoms with Crippen molar-refractivity contribution >= 4 is 11.6 Å². The molecule has 1 saturated carbocycles. The number of anilines is 1. The molecule has 0 radical (unpaired) electrons. The molecule has 1 aliphatic carbocycles. The fraction of sp³-hybridized carbons (Fsp3) is 0.500. The van der Waals surface area contributed by atoms with Gasteiger partial charge in [-0.15, -0.1) is 0 Å². The molecule has 2 N–H and O–H groups in total. The second kappa shape index (κ2) is 5.07. The third-order valence-electron chi connectivity index (χ3n) is 2.60. The molecule has 86 valence electrons. The molecule has 1 aliphatic rings. The number of hydrogen-bond donors (Lipinski definition) is 2. The van der Waals surface area contributed by atoms with Crippen LogP contribution in [0.4, 0.5) is 5.69 Å². The molecule has 1 heterocycles. The molecule has 0 saturated heterocycles. The lowest BCUT2D eigenvalue weighted by Crippen LogP contribution is -2.29. The van der Waals surface area contributed by atoms with Crippen LogP contribution in [0.15, 0.2) is 18.3 Å². The Morgan fingerprint density at radius 2 is 2.38 bits per heavy atom. The molecule has 1 amide bonds. The smallest absolute Gasteiger partial charge is 0.238 e.